The number of halogens is 4. The molecular formula is C2H7Cl4N2P3. The molecule has 0 aliphatic rings. The van der Waals surface area contributed by atoms with Gasteiger partial charge in [-0.25, -0.2) is 4.52 Å². The standard InChI is InChI=1S/C2H7Cl4N2P3/c1-11(2,6)7-10(5)8(3)9-4/h9H,1-2H3. The largest absolute Gasteiger partial charge is 0.232 e. The zero-order valence-corrected chi connectivity index (χ0v) is 11.6. The van der Waals surface area contributed by atoms with Gasteiger partial charge in [-0.3, -0.25) is 0 Å². The topological polar surface area (TPSA) is 15.6 Å². The molecule has 2 nitrogen and oxygen atoms in total. The highest BCUT2D eigenvalue weighted by atomic mass is 35.7. The summed E-state index contributed by atoms with van der Waals surface area (Å²) in [5, 5.41) is 0. The van der Waals surface area contributed by atoms with Gasteiger partial charge in [0.2, 0.25) is 7.58 Å². The van der Waals surface area contributed by atoms with Crippen LogP contribution >= 0.6 is 67.6 Å². The maximum Gasteiger partial charge on any atom is 0.207 e. The average molecular weight is 294 g/mol. The van der Waals surface area contributed by atoms with Crippen molar-refractivity contribution in [1.82, 2.24) is 3.96 Å². The van der Waals surface area contributed by atoms with E-state index in [0.29, 0.717) is 0 Å². The number of rotatable bonds is 3. The van der Waals surface area contributed by atoms with Crippen molar-refractivity contribution in [3.05, 3.63) is 0 Å². The van der Waals surface area contributed by atoms with Crippen LogP contribution in [0.5, 0.6) is 0 Å². The average Bonchev–Trinajstić information content (AvgIpc) is 1.82. The van der Waals surface area contributed by atoms with Crippen molar-refractivity contribution in [1.29, 1.82) is 0 Å². The Morgan fingerprint density at radius 2 is 2.00 bits per heavy atom. The Balaban J connectivity index is 4.17. The summed E-state index contributed by atoms with van der Waals surface area (Å²) in [6.45, 7) is 3.68. The predicted molar refractivity (Wildman–Crippen MR) is 61.7 cm³/mol. The van der Waals surface area contributed by atoms with Crippen LogP contribution in [-0.4, -0.2) is 17.3 Å². The fourth-order valence-corrected chi connectivity index (χ4v) is 6.55. The molecule has 0 heterocycles. The highest BCUT2D eigenvalue weighted by molar-refractivity contribution is 7.98. The third-order valence-electron chi connectivity index (χ3n) is 0.501. The van der Waals surface area contributed by atoms with Crippen LogP contribution in [0.2, 0.25) is 0 Å². The molecule has 11 heavy (non-hydrogen) atoms. The molecule has 0 aliphatic heterocycles. The first-order valence-electron chi connectivity index (χ1n) is 2.41. The monoisotopic (exact) mass is 292 g/mol. The summed E-state index contributed by atoms with van der Waals surface area (Å²) in [4.78, 5) is 0. The van der Waals surface area contributed by atoms with E-state index in [1.165, 1.54) is 3.96 Å². The zero-order valence-electron chi connectivity index (χ0n) is 5.80. The summed E-state index contributed by atoms with van der Waals surface area (Å²) in [6, 6.07) is 0. The third kappa shape index (κ3) is 7.29. The quantitative estimate of drug-likeness (QED) is 0.511. The number of hydrogen-bond acceptors (Lipinski definition) is 2. The van der Waals surface area contributed by atoms with E-state index in [1.807, 2.05) is 13.3 Å². The molecule has 0 spiro atoms. The van der Waals surface area contributed by atoms with Crippen molar-refractivity contribution in [2.75, 3.05) is 13.3 Å². The molecule has 9 heteroatoms. The first-order valence-corrected chi connectivity index (χ1v) is 10.4. The lowest BCUT2D eigenvalue weighted by molar-refractivity contribution is 1.22. The molecule has 0 saturated carbocycles. The van der Waals surface area contributed by atoms with Gasteiger partial charge in [0.1, 0.15) is 0 Å². The molecule has 2 unspecified atom stereocenters. The summed E-state index contributed by atoms with van der Waals surface area (Å²) in [5.41, 5.74) is 0. The van der Waals surface area contributed by atoms with Crippen LogP contribution in [0.25, 0.3) is 0 Å². The first-order chi connectivity index (χ1) is 4.87. The molecular weight excluding hydrogens is 287 g/mol. The summed E-state index contributed by atoms with van der Waals surface area (Å²) in [6.07, 6.45) is -1.73. The van der Waals surface area contributed by atoms with Gasteiger partial charge in [0.05, 0.1) is 14.5 Å². The minimum absolute atomic E-state index is 0.0690. The van der Waals surface area contributed by atoms with Gasteiger partial charge in [-0.15, -0.1) is 3.96 Å². The Hall–Kier alpha value is 2.21. The van der Waals surface area contributed by atoms with E-state index >= 15 is 0 Å². The molecule has 0 amide bonds. The number of nitrogens with zero attached hydrogens (tertiary/aromatic N) is 2. The molecule has 0 aromatic rings. The Labute approximate surface area is 89.1 Å². The SMILES string of the molecule is CP(C)(Cl)=NP(Cl)N(Cl)PCl. The van der Waals surface area contributed by atoms with Gasteiger partial charge in [0, 0.05) is 0 Å². The van der Waals surface area contributed by atoms with Gasteiger partial charge in [0.15, 0.2) is 0 Å². The molecule has 0 aliphatic carbocycles. The normalized spacial score (nSPS) is 16.3. The fraction of sp³-hybridized carbons (Fsp3) is 1.00. The second kappa shape index (κ2) is 5.84. The Morgan fingerprint density at radius 1 is 1.55 bits per heavy atom. The maximum absolute atomic E-state index is 5.88. The van der Waals surface area contributed by atoms with Crippen molar-refractivity contribution in [2.45, 2.75) is 0 Å². The van der Waals surface area contributed by atoms with Gasteiger partial charge >= 0.3 is 0 Å². The highest BCUT2D eigenvalue weighted by Crippen LogP contribution is 2.64. The van der Waals surface area contributed by atoms with Gasteiger partial charge in [0.25, 0.3) is 0 Å². The lowest BCUT2D eigenvalue weighted by Gasteiger charge is -2.13. The molecule has 0 aromatic heterocycles. The second-order valence-corrected chi connectivity index (χ2v) is 11.8. The minimum atomic E-state index is -1.73. The second-order valence-electron chi connectivity index (χ2n) is 1.94. The summed E-state index contributed by atoms with van der Waals surface area (Å²) >= 11 is 22.7. The van der Waals surface area contributed by atoms with Crippen molar-refractivity contribution in [3.63, 3.8) is 0 Å². The molecule has 0 radical (unpaired) electrons. The highest BCUT2D eigenvalue weighted by Gasteiger charge is 2.14. The number of hydrogen-bond donors (Lipinski definition) is 0. The maximum atomic E-state index is 5.88. The summed E-state index contributed by atoms with van der Waals surface area (Å²) in [5.74, 6) is 0. The summed E-state index contributed by atoms with van der Waals surface area (Å²) in [7, 11) is -1.31. The van der Waals surface area contributed by atoms with Crippen LogP contribution < -0.4 is 0 Å². The van der Waals surface area contributed by atoms with Crippen LogP contribution in [0.1, 0.15) is 0 Å². The van der Waals surface area contributed by atoms with E-state index in [2.05, 4.69) is 4.52 Å². The van der Waals surface area contributed by atoms with Crippen LogP contribution in [0.4, 0.5) is 0 Å². The van der Waals surface area contributed by atoms with Crippen LogP contribution in [-0.2, 0) is 0 Å². The van der Waals surface area contributed by atoms with E-state index in [0.717, 1.165) is 0 Å². The molecule has 0 N–H and O–H groups in total. The van der Waals surface area contributed by atoms with Crippen LogP contribution in [0.15, 0.2) is 4.52 Å². The smallest absolute Gasteiger partial charge is 0.207 e. The van der Waals surface area contributed by atoms with Crippen LogP contribution in [0, 0.1) is 0 Å². The van der Waals surface area contributed by atoms with Crippen molar-refractivity contribution in [2.24, 2.45) is 4.52 Å². The van der Waals surface area contributed by atoms with Crippen molar-refractivity contribution < 1.29 is 0 Å². The molecule has 2 atom stereocenters. The van der Waals surface area contributed by atoms with Gasteiger partial charge in [-0.2, -0.15) is 0 Å². The van der Waals surface area contributed by atoms with E-state index < -0.39 is 14.0 Å². The van der Waals surface area contributed by atoms with Gasteiger partial charge in [-0.05, 0) is 25.1 Å². The van der Waals surface area contributed by atoms with E-state index in [4.69, 9.17) is 45.5 Å². The molecule has 0 bridgehead atoms. The summed E-state index contributed by atoms with van der Waals surface area (Å²) < 4.78 is 5.37. The Morgan fingerprint density at radius 3 is 2.27 bits per heavy atom. The van der Waals surface area contributed by atoms with E-state index in [1.54, 1.807) is 0 Å². The predicted octanol–water partition coefficient (Wildman–Crippen LogP) is 5.27. The third-order valence-corrected chi connectivity index (χ3v) is 8.18. The van der Waals surface area contributed by atoms with E-state index in [9.17, 15) is 0 Å². The molecule has 0 saturated heterocycles. The van der Waals surface area contributed by atoms with E-state index in [-0.39, 0.29) is 8.08 Å². The van der Waals surface area contributed by atoms with Crippen LogP contribution in [0.3, 0.4) is 0 Å². The molecule has 0 aromatic carbocycles. The fourth-order valence-electron chi connectivity index (χ4n) is 0.242. The van der Waals surface area contributed by atoms with Crippen molar-refractivity contribution >= 4 is 67.6 Å². The minimum Gasteiger partial charge on any atom is -0.232 e. The zero-order chi connectivity index (χ0) is 9.07. The van der Waals surface area contributed by atoms with Gasteiger partial charge < -0.3 is 0 Å². The lowest BCUT2D eigenvalue weighted by atomic mass is 11.9. The first kappa shape index (κ1) is 13.2. The van der Waals surface area contributed by atoms with Crippen molar-refractivity contribution in [3.8, 4) is 0 Å². The Kier molecular flexibility index (Phi) is 7.01. The molecule has 0 rings (SSSR count). The Bertz CT molecular complexity index is 160. The molecule has 68 valence electrons. The molecule has 0 fully saturated rings. The lowest BCUT2D eigenvalue weighted by Crippen LogP contribution is -1.80. The van der Waals surface area contributed by atoms with Gasteiger partial charge in [-0.1, -0.05) is 33.7 Å².